The van der Waals surface area contributed by atoms with Crippen molar-refractivity contribution in [1.82, 2.24) is 19.7 Å². The van der Waals surface area contributed by atoms with Gasteiger partial charge in [-0.25, -0.2) is 9.78 Å². The van der Waals surface area contributed by atoms with Crippen molar-refractivity contribution < 1.29 is 22.9 Å². The molecule has 1 atom stereocenters. The molecule has 5 heterocycles. The number of aryl methyl sites for hydroxylation is 2. The molecule has 7 rings (SSSR count). The summed E-state index contributed by atoms with van der Waals surface area (Å²) in [5.74, 6) is -0.381. The van der Waals surface area contributed by atoms with Crippen LogP contribution in [0.15, 0.2) is 52.7 Å². The second kappa shape index (κ2) is 9.97. The van der Waals surface area contributed by atoms with E-state index in [9.17, 15) is 18.3 Å². The summed E-state index contributed by atoms with van der Waals surface area (Å²) < 4.78 is 31.5. The fraction of sp³-hybridized carbons (Fsp3) is 0.346. The topological polar surface area (TPSA) is 126 Å². The zero-order valence-corrected chi connectivity index (χ0v) is 22.2. The molecule has 0 amide bonds. The minimum Gasteiger partial charge on any atom is -0.476 e. The average Bonchev–Trinajstić information content (AvgIpc) is 3.48. The van der Waals surface area contributed by atoms with E-state index in [0.29, 0.717) is 11.3 Å². The van der Waals surface area contributed by atoms with Crippen molar-refractivity contribution >= 4 is 38.3 Å². The fourth-order valence-electron chi connectivity index (χ4n) is 5.09. The molecular formula is C26H28N4O5S2. The van der Waals surface area contributed by atoms with Gasteiger partial charge in [-0.15, -0.1) is 11.3 Å². The van der Waals surface area contributed by atoms with Crippen molar-refractivity contribution in [3.05, 3.63) is 64.8 Å². The van der Waals surface area contributed by atoms with Crippen LogP contribution in [0.2, 0.25) is 0 Å². The Bertz CT molecular complexity index is 1550. The Morgan fingerprint density at radius 2 is 1.78 bits per heavy atom. The molecule has 3 aliphatic rings. The van der Waals surface area contributed by atoms with Gasteiger partial charge >= 0.3 is 5.97 Å². The maximum absolute atomic E-state index is 11.8. The number of benzene rings is 2. The van der Waals surface area contributed by atoms with Gasteiger partial charge in [0.2, 0.25) is 0 Å². The van der Waals surface area contributed by atoms with Crippen molar-refractivity contribution in [2.75, 3.05) is 19.6 Å². The predicted molar refractivity (Wildman–Crippen MR) is 142 cm³/mol. The summed E-state index contributed by atoms with van der Waals surface area (Å²) in [7, 11) is -4.02. The lowest BCUT2D eigenvalue weighted by atomic mass is 9.84. The smallest absolute Gasteiger partial charge is 0.357 e. The van der Waals surface area contributed by atoms with E-state index in [0.717, 1.165) is 47.0 Å². The Kier molecular flexibility index (Phi) is 6.88. The number of piperidine rings is 3. The van der Waals surface area contributed by atoms with Gasteiger partial charge in [-0.05, 0) is 76.0 Å². The molecule has 0 unspecified atom stereocenters. The first-order chi connectivity index (χ1) is 17.6. The third-order valence-electron chi connectivity index (χ3n) is 7.03. The summed E-state index contributed by atoms with van der Waals surface area (Å²) in [5, 5.41) is 17.9. The van der Waals surface area contributed by atoms with Gasteiger partial charge in [-0.1, -0.05) is 17.7 Å². The molecule has 0 radical (unpaired) electrons. The Hall–Kier alpha value is -3.12. The van der Waals surface area contributed by atoms with Crippen LogP contribution >= 0.6 is 11.3 Å². The normalized spacial score (nSPS) is 21.0. The van der Waals surface area contributed by atoms with Crippen LogP contribution in [0.4, 0.5) is 0 Å². The van der Waals surface area contributed by atoms with E-state index in [1.54, 1.807) is 23.5 Å². The highest BCUT2D eigenvalue weighted by Gasteiger charge is 2.37. The molecule has 11 heteroatoms. The zero-order valence-electron chi connectivity index (χ0n) is 20.5. The molecule has 0 aliphatic carbocycles. The van der Waals surface area contributed by atoms with Gasteiger partial charge in [0, 0.05) is 28.6 Å². The number of aromatic nitrogens is 3. The molecule has 3 fully saturated rings. The molecule has 0 spiro atoms. The van der Waals surface area contributed by atoms with Gasteiger partial charge in [0.1, 0.15) is 5.01 Å². The molecule has 9 nitrogen and oxygen atoms in total. The number of nitrogens with zero attached hydrogens (tertiary/aromatic N) is 4. The highest BCUT2D eigenvalue weighted by molar-refractivity contribution is 7.85. The maximum atomic E-state index is 11.8. The Balaban J connectivity index is 0.000000215. The summed E-state index contributed by atoms with van der Waals surface area (Å²) >= 11 is 1.58. The van der Waals surface area contributed by atoms with E-state index >= 15 is 0 Å². The molecule has 3 saturated heterocycles. The summed E-state index contributed by atoms with van der Waals surface area (Å²) in [6, 6.07) is 12.2. The van der Waals surface area contributed by atoms with Crippen LogP contribution < -0.4 is 0 Å². The van der Waals surface area contributed by atoms with Crippen molar-refractivity contribution in [1.29, 1.82) is 0 Å². The first kappa shape index (κ1) is 25.5. The standard InChI is InChI=1S/C19H20N4O2S.C7H8O3S/c1-11-10-26-18(20-11)13-2-3-15-14(8-13)17(19(24)25)21-23(15)16-9-22-6-4-12(16)5-7-22;1-6-2-4-7(5-3-6)11(8,9)10/h2-3,8,10,12,16H,4-7,9H2,1H3,(H,24,25);2-5H,1H3,(H,8,9,10)/t16-;/m1./s1. The van der Waals surface area contributed by atoms with Crippen LogP contribution in [-0.4, -0.2) is 63.3 Å². The number of aromatic carboxylic acids is 1. The number of hydrogen-bond acceptors (Lipinski definition) is 7. The number of carboxylic acid groups (broad SMARTS) is 1. The molecule has 3 aliphatic heterocycles. The lowest BCUT2D eigenvalue weighted by molar-refractivity contribution is 0.0523. The third kappa shape index (κ3) is 5.30. The number of fused-ring (bicyclic) bond motifs is 4. The van der Waals surface area contributed by atoms with E-state index in [1.165, 1.54) is 25.0 Å². The molecule has 2 N–H and O–H groups in total. The van der Waals surface area contributed by atoms with Gasteiger partial charge in [0.25, 0.3) is 10.1 Å². The highest BCUT2D eigenvalue weighted by Crippen LogP contribution is 2.38. The predicted octanol–water partition coefficient (Wildman–Crippen LogP) is 4.67. The van der Waals surface area contributed by atoms with Crippen LogP contribution in [0.25, 0.3) is 21.5 Å². The van der Waals surface area contributed by atoms with Crippen LogP contribution in [0.3, 0.4) is 0 Å². The highest BCUT2D eigenvalue weighted by atomic mass is 32.2. The van der Waals surface area contributed by atoms with Crippen LogP contribution in [0.1, 0.15) is 40.6 Å². The van der Waals surface area contributed by atoms with Crippen molar-refractivity contribution in [2.24, 2.45) is 5.92 Å². The molecule has 0 saturated carbocycles. The monoisotopic (exact) mass is 540 g/mol. The summed E-state index contributed by atoms with van der Waals surface area (Å²) in [4.78, 5) is 18.7. The summed E-state index contributed by atoms with van der Waals surface area (Å²) in [6.07, 6.45) is 2.34. The number of hydrogen-bond donors (Lipinski definition) is 2. The lowest BCUT2D eigenvalue weighted by Gasteiger charge is -2.44. The van der Waals surface area contributed by atoms with Crippen molar-refractivity contribution in [3.8, 4) is 10.6 Å². The van der Waals surface area contributed by atoms with E-state index in [2.05, 4.69) is 15.0 Å². The summed E-state index contributed by atoms with van der Waals surface area (Å²) in [6.45, 7) is 7.08. The molecule has 2 aromatic carbocycles. The lowest BCUT2D eigenvalue weighted by Crippen LogP contribution is -2.48. The Morgan fingerprint density at radius 1 is 1.08 bits per heavy atom. The van der Waals surface area contributed by atoms with Gasteiger partial charge < -0.3 is 10.0 Å². The first-order valence-corrected chi connectivity index (χ1v) is 14.4. The van der Waals surface area contributed by atoms with Gasteiger partial charge in [0.05, 0.1) is 16.5 Å². The number of carbonyl (C=O) groups is 1. The number of carboxylic acids is 1. The van der Waals surface area contributed by atoms with Gasteiger partial charge in [-0.3, -0.25) is 9.23 Å². The molecule has 194 valence electrons. The number of thiazole rings is 1. The third-order valence-corrected chi connectivity index (χ3v) is 8.91. The second-order valence-electron chi connectivity index (χ2n) is 9.62. The molecule has 4 aromatic rings. The second-order valence-corrected chi connectivity index (χ2v) is 11.9. The quantitative estimate of drug-likeness (QED) is 0.358. The van der Waals surface area contributed by atoms with Gasteiger partial charge in [0.15, 0.2) is 5.69 Å². The summed E-state index contributed by atoms with van der Waals surface area (Å²) in [5.41, 5.74) is 3.94. The zero-order chi connectivity index (χ0) is 26.3. The number of rotatable bonds is 4. The van der Waals surface area contributed by atoms with E-state index in [1.807, 2.05) is 42.1 Å². The molecule has 2 aromatic heterocycles. The van der Waals surface area contributed by atoms with E-state index in [4.69, 9.17) is 4.55 Å². The minimum absolute atomic E-state index is 0.0666. The molecule has 37 heavy (non-hydrogen) atoms. The minimum atomic E-state index is -4.02. The van der Waals surface area contributed by atoms with E-state index < -0.39 is 16.1 Å². The maximum Gasteiger partial charge on any atom is 0.357 e. The SMILES string of the molecule is Cc1ccc(S(=O)(=O)O)cc1.Cc1csc(-c2ccc3c(c2)c(C(=O)O)nn3[C@@H]2CN3CCC2CC3)n1. The largest absolute Gasteiger partial charge is 0.476 e. The average molecular weight is 541 g/mol. The fourth-order valence-corrected chi connectivity index (χ4v) is 6.37. The van der Waals surface area contributed by atoms with Crippen molar-refractivity contribution in [3.63, 3.8) is 0 Å². The molecule has 2 bridgehead atoms. The Morgan fingerprint density at radius 3 is 2.32 bits per heavy atom. The molecular weight excluding hydrogens is 512 g/mol. The van der Waals surface area contributed by atoms with Crippen LogP contribution in [0.5, 0.6) is 0 Å². The van der Waals surface area contributed by atoms with E-state index in [-0.39, 0.29) is 16.6 Å². The van der Waals surface area contributed by atoms with Gasteiger partial charge in [-0.2, -0.15) is 13.5 Å². The first-order valence-electron chi connectivity index (χ1n) is 12.0. The van der Waals surface area contributed by atoms with Crippen LogP contribution in [-0.2, 0) is 10.1 Å². The van der Waals surface area contributed by atoms with Crippen molar-refractivity contribution in [2.45, 2.75) is 37.6 Å². The Labute approximate surface area is 219 Å². The van der Waals surface area contributed by atoms with Crippen LogP contribution in [0, 0.1) is 19.8 Å².